The van der Waals surface area contributed by atoms with E-state index in [-0.39, 0.29) is 11.9 Å². The number of allylic oxidation sites excluding steroid dienone is 1. The summed E-state index contributed by atoms with van der Waals surface area (Å²) in [5.74, 6) is -0.0118. The maximum absolute atomic E-state index is 12.2. The van der Waals surface area contributed by atoms with Crippen LogP contribution in [0.4, 0.5) is 5.69 Å². The van der Waals surface area contributed by atoms with E-state index in [0.717, 1.165) is 23.2 Å². The fraction of sp³-hybridized carbons (Fsp3) is 0.471. The van der Waals surface area contributed by atoms with Crippen LogP contribution in [-0.4, -0.2) is 25.7 Å². The highest BCUT2D eigenvalue weighted by Crippen LogP contribution is 2.34. The van der Waals surface area contributed by atoms with E-state index < -0.39 is 0 Å². The highest BCUT2D eigenvalue weighted by molar-refractivity contribution is 6.32. The van der Waals surface area contributed by atoms with Crippen molar-refractivity contribution in [1.29, 1.82) is 0 Å². The standard InChI is InChI=1S/C17H24ClNO2/c1-6-8-14-9-10-16(18)15(7-2)17(14)19(13(4)20)12(3)11-21-5/h6,8-10,12H,7,11H2,1-5H3/b8-6-. The Morgan fingerprint density at radius 3 is 2.62 bits per heavy atom. The fourth-order valence-corrected chi connectivity index (χ4v) is 2.85. The number of hydrogen-bond donors (Lipinski definition) is 0. The van der Waals surface area contributed by atoms with E-state index in [1.165, 1.54) is 0 Å². The van der Waals surface area contributed by atoms with Crippen LogP contribution < -0.4 is 4.90 Å². The summed E-state index contributed by atoms with van der Waals surface area (Å²) in [6.45, 7) is 8.03. The van der Waals surface area contributed by atoms with Gasteiger partial charge in [0.25, 0.3) is 0 Å². The predicted molar refractivity (Wildman–Crippen MR) is 90.0 cm³/mol. The van der Waals surface area contributed by atoms with E-state index in [2.05, 4.69) is 0 Å². The van der Waals surface area contributed by atoms with E-state index >= 15 is 0 Å². The van der Waals surface area contributed by atoms with Gasteiger partial charge in [0.1, 0.15) is 0 Å². The number of carbonyl (C=O) groups excluding carboxylic acids is 1. The maximum Gasteiger partial charge on any atom is 0.224 e. The van der Waals surface area contributed by atoms with Gasteiger partial charge in [0.05, 0.1) is 18.3 Å². The van der Waals surface area contributed by atoms with Crippen molar-refractivity contribution in [3.05, 3.63) is 34.4 Å². The Bertz CT molecular complexity index is 526. The zero-order chi connectivity index (χ0) is 16.0. The molecule has 1 aromatic rings. The fourth-order valence-electron chi connectivity index (χ4n) is 2.57. The Hall–Kier alpha value is -1.32. The molecule has 21 heavy (non-hydrogen) atoms. The molecule has 0 N–H and O–H groups in total. The number of anilines is 1. The van der Waals surface area contributed by atoms with E-state index in [1.54, 1.807) is 18.9 Å². The van der Waals surface area contributed by atoms with E-state index in [1.807, 2.05) is 45.1 Å². The zero-order valence-corrected chi connectivity index (χ0v) is 14.2. The predicted octanol–water partition coefficient (Wildman–Crippen LogP) is 4.32. The van der Waals surface area contributed by atoms with Crippen LogP contribution in [0.1, 0.15) is 38.8 Å². The summed E-state index contributed by atoms with van der Waals surface area (Å²) in [6, 6.07) is 3.78. The molecule has 116 valence electrons. The molecule has 0 aromatic heterocycles. The smallest absolute Gasteiger partial charge is 0.224 e. The van der Waals surface area contributed by atoms with Crippen molar-refractivity contribution in [2.75, 3.05) is 18.6 Å². The van der Waals surface area contributed by atoms with Gasteiger partial charge in [0.15, 0.2) is 0 Å². The first-order valence-corrected chi connectivity index (χ1v) is 7.58. The molecule has 3 nitrogen and oxygen atoms in total. The molecule has 0 aliphatic rings. The lowest BCUT2D eigenvalue weighted by molar-refractivity contribution is -0.117. The first-order chi connectivity index (χ1) is 9.97. The monoisotopic (exact) mass is 309 g/mol. The van der Waals surface area contributed by atoms with Gasteiger partial charge in [0, 0.05) is 19.1 Å². The van der Waals surface area contributed by atoms with Crippen LogP contribution in [0.15, 0.2) is 18.2 Å². The lowest BCUT2D eigenvalue weighted by Crippen LogP contribution is -2.41. The highest BCUT2D eigenvalue weighted by atomic mass is 35.5. The number of halogens is 1. The lowest BCUT2D eigenvalue weighted by Gasteiger charge is -2.31. The van der Waals surface area contributed by atoms with E-state index in [9.17, 15) is 4.79 Å². The molecule has 1 aromatic carbocycles. The third-order valence-electron chi connectivity index (χ3n) is 3.39. The second-order valence-electron chi connectivity index (χ2n) is 5.01. The van der Waals surface area contributed by atoms with Gasteiger partial charge in [-0.2, -0.15) is 0 Å². The third kappa shape index (κ3) is 4.08. The molecule has 0 fully saturated rings. The molecule has 0 radical (unpaired) electrons. The zero-order valence-electron chi connectivity index (χ0n) is 13.4. The summed E-state index contributed by atoms with van der Waals surface area (Å²) >= 11 is 6.34. The summed E-state index contributed by atoms with van der Waals surface area (Å²) < 4.78 is 5.21. The van der Waals surface area contributed by atoms with Crippen molar-refractivity contribution in [1.82, 2.24) is 0 Å². The molecule has 1 atom stereocenters. The molecule has 4 heteroatoms. The van der Waals surface area contributed by atoms with Gasteiger partial charge in [-0.1, -0.05) is 36.7 Å². The first-order valence-electron chi connectivity index (χ1n) is 7.20. The number of ether oxygens (including phenoxy) is 1. The van der Waals surface area contributed by atoms with Crippen LogP contribution in [0.2, 0.25) is 5.02 Å². The number of hydrogen-bond acceptors (Lipinski definition) is 2. The van der Waals surface area contributed by atoms with Crippen molar-refractivity contribution in [2.45, 2.75) is 40.2 Å². The van der Waals surface area contributed by atoms with Gasteiger partial charge in [-0.05, 0) is 37.5 Å². The van der Waals surface area contributed by atoms with Gasteiger partial charge in [0.2, 0.25) is 5.91 Å². The van der Waals surface area contributed by atoms with E-state index in [0.29, 0.717) is 11.6 Å². The number of methoxy groups -OCH3 is 1. The molecule has 0 saturated carbocycles. The minimum Gasteiger partial charge on any atom is -0.383 e. The minimum absolute atomic E-state index is 0.0118. The molecular formula is C17H24ClNO2. The molecular weight excluding hydrogens is 286 g/mol. The molecule has 0 saturated heterocycles. The van der Waals surface area contributed by atoms with Crippen molar-refractivity contribution >= 4 is 29.3 Å². The molecule has 1 unspecified atom stereocenters. The van der Waals surface area contributed by atoms with Crippen LogP contribution in [0.3, 0.4) is 0 Å². The van der Waals surface area contributed by atoms with Crippen molar-refractivity contribution in [3.63, 3.8) is 0 Å². The Morgan fingerprint density at radius 2 is 2.14 bits per heavy atom. The topological polar surface area (TPSA) is 29.5 Å². The van der Waals surface area contributed by atoms with Crippen molar-refractivity contribution < 1.29 is 9.53 Å². The molecule has 1 amide bonds. The SMILES string of the molecule is C/C=C\c1ccc(Cl)c(CC)c1N(C(C)=O)C(C)COC. The number of carbonyl (C=O) groups is 1. The van der Waals surface area contributed by atoms with Crippen LogP contribution in [-0.2, 0) is 16.0 Å². The molecule has 0 spiro atoms. The summed E-state index contributed by atoms with van der Waals surface area (Å²) in [5.41, 5.74) is 2.88. The quantitative estimate of drug-likeness (QED) is 0.783. The Labute approximate surface area is 132 Å². The van der Waals surface area contributed by atoms with Gasteiger partial charge in [-0.15, -0.1) is 0 Å². The number of nitrogens with zero attached hydrogens (tertiary/aromatic N) is 1. The van der Waals surface area contributed by atoms with Gasteiger partial charge in [-0.25, -0.2) is 0 Å². The third-order valence-corrected chi connectivity index (χ3v) is 3.74. The molecule has 0 aliphatic carbocycles. The van der Waals surface area contributed by atoms with E-state index in [4.69, 9.17) is 16.3 Å². The summed E-state index contributed by atoms with van der Waals surface area (Å²) in [6.07, 6.45) is 4.73. The largest absolute Gasteiger partial charge is 0.383 e. The Kier molecular flexibility index (Phi) is 6.93. The average molecular weight is 310 g/mol. The summed E-state index contributed by atoms with van der Waals surface area (Å²) in [7, 11) is 1.64. The molecule has 1 rings (SSSR count). The highest BCUT2D eigenvalue weighted by Gasteiger charge is 2.24. The van der Waals surface area contributed by atoms with Crippen LogP contribution >= 0.6 is 11.6 Å². The van der Waals surface area contributed by atoms with Gasteiger partial charge < -0.3 is 9.64 Å². The first kappa shape index (κ1) is 17.7. The molecule has 0 bridgehead atoms. The maximum atomic E-state index is 12.2. The molecule has 0 aliphatic heterocycles. The number of benzene rings is 1. The average Bonchev–Trinajstić information content (AvgIpc) is 2.42. The van der Waals surface area contributed by atoms with Gasteiger partial charge in [-0.3, -0.25) is 4.79 Å². The normalized spacial score (nSPS) is 12.7. The minimum atomic E-state index is -0.0553. The summed E-state index contributed by atoms with van der Waals surface area (Å²) in [5, 5.41) is 0.691. The molecule has 0 heterocycles. The second kappa shape index (κ2) is 8.20. The summed E-state index contributed by atoms with van der Waals surface area (Å²) in [4.78, 5) is 14.0. The van der Waals surface area contributed by atoms with Crippen molar-refractivity contribution in [2.24, 2.45) is 0 Å². The van der Waals surface area contributed by atoms with Crippen molar-refractivity contribution in [3.8, 4) is 0 Å². The van der Waals surface area contributed by atoms with Crippen LogP contribution in [0.25, 0.3) is 6.08 Å². The Morgan fingerprint density at radius 1 is 1.48 bits per heavy atom. The second-order valence-corrected chi connectivity index (χ2v) is 5.42. The lowest BCUT2D eigenvalue weighted by atomic mass is 10.0. The number of rotatable bonds is 6. The van der Waals surface area contributed by atoms with Crippen LogP contribution in [0, 0.1) is 0 Å². The van der Waals surface area contributed by atoms with Crippen LogP contribution in [0.5, 0.6) is 0 Å². The van der Waals surface area contributed by atoms with Gasteiger partial charge >= 0.3 is 0 Å². The Balaban J connectivity index is 3.53. The number of amides is 1.